The van der Waals surface area contributed by atoms with Gasteiger partial charge in [-0.25, -0.2) is 0 Å². The van der Waals surface area contributed by atoms with Gasteiger partial charge in [0, 0.05) is 19.1 Å². The van der Waals surface area contributed by atoms with E-state index in [2.05, 4.69) is 24.9 Å². The fourth-order valence-electron chi connectivity index (χ4n) is 2.23. The van der Waals surface area contributed by atoms with Gasteiger partial charge in [-0.3, -0.25) is 4.90 Å². The molecule has 2 heterocycles. The van der Waals surface area contributed by atoms with Crippen LogP contribution in [0.15, 0.2) is 0 Å². The first-order valence-electron chi connectivity index (χ1n) is 5.18. The number of ether oxygens (including phenoxy) is 1. The highest BCUT2D eigenvalue weighted by Gasteiger charge is 2.47. The van der Waals surface area contributed by atoms with Crippen LogP contribution < -0.4 is 0 Å². The normalized spacial score (nSPS) is 26.3. The minimum Gasteiger partial charge on any atom is -0.369 e. The van der Waals surface area contributed by atoms with Crippen LogP contribution in [0.25, 0.3) is 0 Å². The Morgan fingerprint density at radius 2 is 2.07 bits per heavy atom. The number of morpholine rings is 1. The van der Waals surface area contributed by atoms with Crippen molar-refractivity contribution in [2.75, 3.05) is 32.8 Å². The first kappa shape index (κ1) is 9.75. The first-order valence-corrected chi connectivity index (χ1v) is 5.18. The van der Waals surface area contributed by atoms with E-state index in [-0.39, 0.29) is 5.60 Å². The van der Waals surface area contributed by atoms with E-state index in [1.54, 1.807) is 4.90 Å². The quantitative estimate of drug-likeness (QED) is 0.563. The van der Waals surface area contributed by atoms with E-state index in [1.165, 1.54) is 0 Å². The number of hydrogen-bond acceptors (Lipinski definition) is 4. The van der Waals surface area contributed by atoms with Crippen LogP contribution in [0.1, 0.15) is 13.8 Å². The highest BCUT2D eigenvalue weighted by Crippen LogP contribution is 2.29. The molecular weight excluding hydrogens is 178 g/mol. The second-order valence-electron chi connectivity index (χ2n) is 4.55. The molecule has 0 radical (unpaired) electrons. The molecule has 4 heteroatoms. The van der Waals surface area contributed by atoms with Gasteiger partial charge in [0.25, 0.3) is 0 Å². The summed E-state index contributed by atoms with van der Waals surface area (Å²) in [5.74, 6) is 0. The Morgan fingerprint density at radius 1 is 1.36 bits per heavy atom. The van der Waals surface area contributed by atoms with Gasteiger partial charge in [0.05, 0.1) is 19.7 Å². The van der Waals surface area contributed by atoms with Crippen LogP contribution in [0.3, 0.4) is 0 Å². The predicted octanol–water partition coefficient (Wildman–Crippen LogP) is 0.262. The summed E-state index contributed by atoms with van der Waals surface area (Å²) in [6.45, 7) is 8.76. The van der Waals surface area contributed by atoms with Gasteiger partial charge in [-0.1, -0.05) is 0 Å². The zero-order chi connectivity index (χ0) is 10.2. The van der Waals surface area contributed by atoms with Crippen LogP contribution in [-0.2, 0) is 4.74 Å². The zero-order valence-electron chi connectivity index (χ0n) is 8.86. The van der Waals surface area contributed by atoms with E-state index in [9.17, 15) is 0 Å². The van der Waals surface area contributed by atoms with Crippen molar-refractivity contribution >= 4 is 0 Å². The van der Waals surface area contributed by atoms with E-state index < -0.39 is 0 Å². The fraction of sp³-hybridized carbons (Fsp3) is 0.900. The van der Waals surface area contributed by atoms with Crippen molar-refractivity contribution in [2.45, 2.75) is 25.5 Å². The molecule has 0 atom stereocenters. The zero-order valence-corrected chi connectivity index (χ0v) is 8.86. The van der Waals surface area contributed by atoms with Gasteiger partial charge < -0.3 is 9.64 Å². The minimum absolute atomic E-state index is 0.0434. The largest absolute Gasteiger partial charge is 0.369 e. The molecule has 2 aliphatic rings. The molecule has 2 rings (SSSR count). The second-order valence-corrected chi connectivity index (χ2v) is 4.55. The Kier molecular flexibility index (Phi) is 2.38. The summed E-state index contributed by atoms with van der Waals surface area (Å²) in [6, 6.07) is 0.576. The van der Waals surface area contributed by atoms with Crippen molar-refractivity contribution in [1.82, 2.24) is 9.80 Å². The number of likely N-dealkylation sites (tertiary alicyclic amines) is 1. The van der Waals surface area contributed by atoms with E-state index in [0.717, 1.165) is 32.8 Å². The van der Waals surface area contributed by atoms with Gasteiger partial charge >= 0.3 is 0 Å². The van der Waals surface area contributed by atoms with Crippen LogP contribution in [0.4, 0.5) is 0 Å². The Labute approximate surface area is 85.0 Å². The molecule has 2 fully saturated rings. The standard InChI is InChI=1S/C10H17N3O/c1-9(2)13-3-4-14-10(7-13)5-12(6-10)8-11/h9H,3-7H2,1-2H3. The highest BCUT2D eigenvalue weighted by atomic mass is 16.5. The van der Waals surface area contributed by atoms with E-state index in [1.807, 2.05) is 0 Å². The van der Waals surface area contributed by atoms with Crippen LogP contribution in [0.2, 0.25) is 0 Å². The van der Waals surface area contributed by atoms with Crippen molar-refractivity contribution in [2.24, 2.45) is 0 Å². The number of nitrogens with zero attached hydrogens (tertiary/aromatic N) is 3. The lowest BCUT2D eigenvalue weighted by molar-refractivity contribution is -0.174. The average molecular weight is 195 g/mol. The molecule has 78 valence electrons. The molecular formula is C10H17N3O. The molecule has 0 aliphatic carbocycles. The molecule has 0 amide bonds. The summed E-state index contributed by atoms with van der Waals surface area (Å²) in [5.41, 5.74) is -0.0434. The molecule has 0 bridgehead atoms. The van der Waals surface area contributed by atoms with Crippen molar-refractivity contribution in [3.63, 3.8) is 0 Å². The third-order valence-electron chi connectivity index (χ3n) is 3.11. The topological polar surface area (TPSA) is 39.5 Å². The number of nitriles is 1. The summed E-state index contributed by atoms with van der Waals surface area (Å²) in [4.78, 5) is 4.18. The Balaban J connectivity index is 1.93. The molecule has 0 aromatic carbocycles. The summed E-state index contributed by atoms with van der Waals surface area (Å²) in [5, 5.41) is 8.68. The van der Waals surface area contributed by atoms with Crippen molar-refractivity contribution in [1.29, 1.82) is 5.26 Å². The summed E-state index contributed by atoms with van der Waals surface area (Å²) < 4.78 is 5.78. The molecule has 2 saturated heterocycles. The highest BCUT2D eigenvalue weighted by molar-refractivity contribution is 5.05. The van der Waals surface area contributed by atoms with E-state index in [4.69, 9.17) is 10.00 Å². The lowest BCUT2D eigenvalue weighted by Gasteiger charge is -2.52. The summed E-state index contributed by atoms with van der Waals surface area (Å²) in [6.07, 6.45) is 2.15. The molecule has 0 saturated carbocycles. The molecule has 0 aromatic heterocycles. The van der Waals surface area contributed by atoms with Gasteiger partial charge in [0.15, 0.2) is 6.19 Å². The summed E-state index contributed by atoms with van der Waals surface area (Å²) >= 11 is 0. The molecule has 0 N–H and O–H groups in total. The predicted molar refractivity (Wildman–Crippen MR) is 52.6 cm³/mol. The van der Waals surface area contributed by atoms with Gasteiger partial charge in [0.2, 0.25) is 0 Å². The smallest absolute Gasteiger partial charge is 0.179 e. The molecule has 14 heavy (non-hydrogen) atoms. The summed E-state index contributed by atoms with van der Waals surface area (Å²) in [7, 11) is 0. The van der Waals surface area contributed by atoms with Crippen LogP contribution >= 0.6 is 0 Å². The third-order valence-corrected chi connectivity index (χ3v) is 3.11. The third kappa shape index (κ3) is 1.58. The molecule has 1 spiro atoms. The maximum absolute atomic E-state index is 8.68. The van der Waals surface area contributed by atoms with E-state index >= 15 is 0 Å². The van der Waals surface area contributed by atoms with Gasteiger partial charge in [-0.15, -0.1) is 0 Å². The van der Waals surface area contributed by atoms with Crippen LogP contribution in [0, 0.1) is 11.5 Å². The molecule has 0 aromatic rings. The fourth-order valence-corrected chi connectivity index (χ4v) is 2.23. The molecule has 2 aliphatic heterocycles. The minimum atomic E-state index is -0.0434. The van der Waals surface area contributed by atoms with Crippen molar-refractivity contribution < 1.29 is 4.74 Å². The maximum Gasteiger partial charge on any atom is 0.179 e. The lowest BCUT2D eigenvalue weighted by Crippen LogP contribution is -2.69. The van der Waals surface area contributed by atoms with Gasteiger partial charge in [0.1, 0.15) is 5.60 Å². The SMILES string of the molecule is CC(C)N1CCOC2(CN(C#N)C2)C1. The van der Waals surface area contributed by atoms with Crippen molar-refractivity contribution in [3.05, 3.63) is 0 Å². The van der Waals surface area contributed by atoms with Crippen molar-refractivity contribution in [3.8, 4) is 6.19 Å². The van der Waals surface area contributed by atoms with Crippen LogP contribution in [-0.4, -0.2) is 54.2 Å². The monoisotopic (exact) mass is 195 g/mol. The second kappa shape index (κ2) is 3.41. The molecule has 4 nitrogen and oxygen atoms in total. The first-order chi connectivity index (χ1) is 6.65. The Morgan fingerprint density at radius 3 is 2.64 bits per heavy atom. The van der Waals surface area contributed by atoms with Gasteiger partial charge in [-0.2, -0.15) is 5.26 Å². The van der Waals surface area contributed by atoms with E-state index in [0.29, 0.717) is 6.04 Å². The maximum atomic E-state index is 8.68. The lowest BCUT2D eigenvalue weighted by atomic mass is 9.92. The number of rotatable bonds is 1. The number of hydrogen-bond donors (Lipinski definition) is 0. The van der Waals surface area contributed by atoms with Gasteiger partial charge in [-0.05, 0) is 13.8 Å². The Bertz CT molecular complexity index is 253. The van der Waals surface area contributed by atoms with Crippen LogP contribution in [0.5, 0.6) is 0 Å². The average Bonchev–Trinajstić information content (AvgIpc) is 2.14. The Hall–Kier alpha value is -0.790. The molecule has 0 unspecified atom stereocenters.